The molecule has 0 aromatic carbocycles. The van der Waals surface area contributed by atoms with E-state index in [-0.39, 0.29) is 23.6 Å². The van der Waals surface area contributed by atoms with Crippen LogP contribution in [-0.4, -0.2) is 53.8 Å². The molecule has 6 heteroatoms. The van der Waals surface area contributed by atoms with E-state index in [9.17, 15) is 9.59 Å². The summed E-state index contributed by atoms with van der Waals surface area (Å²) in [6.45, 7) is 3.20. The van der Waals surface area contributed by atoms with Crippen LogP contribution in [0.3, 0.4) is 0 Å². The lowest BCUT2D eigenvalue weighted by Crippen LogP contribution is -2.65. The number of likely N-dealkylation sites (tertiary alicyclic amines) is 1. The fraction of sp³-hybridized carbons (Fsp3) is 0.846. The van der Waals surface area contributed by atoms with Gasteiger partial charge in [-0.25, -0.2) is 4.79 Å². The zero-order chi connectivity index (χ0) is 14.0. The molecule has 1 aliphatic heterocycles. The molecule has 6 nitrogen and oxygen atoms in total. The highest BCUT2D eigenvalue weighted by Gasteiger charge is 2.42. The van der Waals surface area contributed by atoms with Crippen LogP contribution in [0.5, 0.6) is 0 Å². The predicted octanol–water partition coefficient (Wildman–Crippen LogP) is 1.06. The summed E-state index contributed by atoms with van der Waals surface area (Å²) in [5, 5.41) is 11.9. The van der Waals surface area contributed by atoms with E-state index in [0.29, 0.717) is 25.9 Å². The largest absolute Gasteiger partial charge is 0.481 e. The second-order valence-corrected chi connectivity index (χ2v) is 5.85. The minimum absolute atomic E-state index is 0.0618. The smallest absolute Gasteiger partial charge is 0.317 e. The maximum absolute atomic E-state index is 12.0. The maximum Gasteiger partial charge on any atom is 0.317 e. The van der Waals surface area contributed by atoms with Crippen LogP contribution in [0.15, 0.2) is 0 Å². The molecule has 0 unspecified atom stereocenters. The van der Waals surface area contributed by atoms with Crippen molar-refractivity contribution in [1.82, 2.24) is 10.2 Å². The highest BCUT2D eigenvalue weighted by Crippen LogP contribution is 2.26. The van der Waals surface area contributed by atoms with Gasteiger partial charge in [0.25, 0.3) is 0 Å². The van der Waals surface area contributed by atoms with E-state index in [1.54, 1.807) is 12.0 Å². The Morgan fingerprint density at radius 1 is 1.26 bits per heavy atom. The molecular weight excluding hydrogens is 248 g/mol. The molecule has 1 heterocycles. The van der Waals surface area contributed by atoms with Gasteiger partial charge in [-0.05, 0) is 32.6 Å². The van der Waals surface area contributed by atoms with Gasteiger partial charge in [0.2, 0.25) is 0 Å². The number of amides is 2. The summed E-state index contributed by atoms with van der Waals surface area (Å²) >= 11 is 0. The molecule has 2 aliphatic rings. The van der Waals surface area contributed by atoms with Crippen LogP contribution in [0.4, 0.5) is 4.79 Å². The Morgan fingerprint density at radius 3 is 2.32 bits per heavy atom. The van der Waals surface area contributed by atoms with Crippen molar-refractivity contribution >= 4 is 12.0 Å². The molecule has 108 valence electrons. The van der Waals surface area contributed by atoms with E-state index < -0.39 is 5.97 Å². The number of carbonyl (C=O) groups is 2. The standard InChI is InChI=1S/C13H22N2O4/c1-13(19-2)7-15(8-13)12(18)14-10-5-3-9(4-6-10)11(16)17/h9-10H,3-8H2,1-2H3,(H,14,18)(H,16,17). The molecule has 0 radical (unpaired) electrons. The Labute approximate surface area is 113 Å². The summed E-state index contributed by atoms with van der Waals surface area (Å²) < 4.78 is 5.30. The van der Waals surface area contributed by atoms with Crippen molar-refractivity contribution in [3.05, 3.63) is 0 Å². The number of methoxy groups -OCH3 is 1. The van der Waals surface area contributed by atoms with Crippen LogP contribution in [0.2, 0.25) is 0 Å². The van der Waals surface area contributed by atoms with E-state index in [4.69, 9.17) is 9.84 Å². The normalized spacial score (nSPS) is 29.5. The minimum atomic E-state index is -0.719. The second-order valence-electron chi connectivity index (χ2n) is 5.85. The topological polar surface area (TPSA) is 78.9 Å². The number of carbonyl (C=O) groups excluding carboxylic acids is 1. The van der Waals surface area contributed by atoms with Gasteiger partial charge in [-0.3, -0.25) is 4.79 Å². The van der Waals surface area contributed by atoms with Crippen LogP contribution in [0.1, 0.15) is 32.6 Å². The lowest BCUT2D eigenvalue weighted by Gasteiger charge is -2.47. The Bertz CT molecular complexity index is 358. The quantitative estimate of drug-likeness (QED) is 0.803. The molecule has 2 fully saturated rings. The lowest BCUT2D eigenvalue weighted by atomic mass is 9.86. The van der Waals surface area contributed by atoms with Gasteiger partial charge in [0.1, 0.15) is 5.60 Å². The third-order valence-electron chi connectivity index (χ3n) is 4.23. The molecule has 1 saturated carbocycles. The van der Waals surface area contributed by atoms with Crippen LogP contribution in [0.25, 0.3) is 0 Å². The Kier molecular flexibility index (Phi) is 3.99. The summed E-state index contributed by atoms with van der Waals surface area (Å²) in [5.74, 6) is -0.961. The number of carboxylic acids is 1. The van der Waals surface area contributed by atoms with E-state index in [1.165, 1.54) is 0 Å². The van der Waals surface area contributed by atoms with Crippen LogP contribution < -0.4 is 5.32 Å². The van der Waals surface area contributed by atoms with Crippen molar-refractivity contribution in [2.45, 2.75) is 44.2 Å². The molecule has 1 aliphatic carbocycles. The van der Waals surface area contributed by atoms with Crippen LogP contribution in [0, 0.1) is 5.92 Å². The van der Waals surface area contributed by atoms with E-state index in [2.05, 4.69) is 5.32 Å². The average Bonchev–Trinajstić information content (AvgIpc) is 2.35. The summed E-state index contributed by atoms with van der Waals surface area (Å²) in [7, 11) is 1.66. The molecule has 2 amide bonds. The molecule has 2 rings (SSSR count). The fourth-order valence-corrected chi connectivity index (χ4v) is 2.78. The van der Waals surface area contributed by atoms with Gasteiger partial charge in [0.05, 0.1) is 19.0 Å². The van der Waals surface area contributed by atoms with Crippen molar-refractivity contribution in [2.75, 3.05) is 20.2 Å². The van der Waals surface area contributed by atoms with Gasteiger partial charge in [-0.15, -0.1) is 0 Å². The summed E-state index contributed by atoms with van der Waals surface area (Å²) in [4.78, 5) is 24.5. The predicted molar refractivity (Wildman–Crippen MR) is 68.9 cm³/mol. The van der Waals surface area contributed by atoms with Crippen LogP contribution >= 0.6 is 0 Å². The summed E-state index contributed by atoms with van der Waals surface area (Å²) in [5.41, 5.74) is -0.210. The Balaban J connectivity index is 1.72. The van der Waals surface area contributed by atoms with Crippen LogP contribution in [-0.2, 0) is 9.53 Å². The first-order chi connectivity index (χ1) is 8.93. The van der Waals surface area contributed by atoms with Crippen molar-refractivity contribution in [1.29, 1.82) is 0 Å². The Hall–Kier alpha value is -1.30. The first-order valence-corrected chi connectivity index (χ1v) is 6.77. The molecule has 0 spiro atoms. The minimum Gasteiger partial charge on any atom is -0.481 e. The SMILES string of the molecule is COC1(C)CN(C(=O)NC2CCC(C(=O)O)CC2)C1. The number of nitrogens with one attached hydrogen (secondary N) is 1. The first-order valence-electron chi connectivity index (χ1n) is 6.77. The van der Waals surface area contributed by atoms with Gasteiger partial charge >= 0.3 is 12.0 Å². The van der Waals surface area contributed by atoms with Gasteiger partial charge in [-0.1, -0.05) is 0 Å². The van der Waals surface area contributed by atoms with Crippen molar-refractivity contribution in [3.63, 3.8) is 0 Å². The van der Waals surface area contributed by atoms with Gasteiger partial charge in [-0.2, -0.15) is 0 Å². The molecule has 2 N–H and O–H groups in total. The van der Waals surface area contributed by atoms with E-state index in [0.717, 1.165) is 12.8 Å². The molecule has 19 heavy (non-hydrogen) atoms. The number of nitrogens with zero attached hydrogens (tertiary/aromatic N) is 1. The fourth-order valence-electron chi connectivity index (χ4n) is 2.78. The number of ether oxygens (including phenoxy) is 1. The highest BCUT2D eigenvalue weighted by atomic mass is 16.5. The number of hydrogen-bond acceptors (Lipinski definition) is 3. The number of aliphatic carboxylic acids is 1. The molecular formula is C13H22N2O4. The number of urea groups is 1. The number of carboxylic acid groups (broad SMARTS) is 1. The van der Waals surface area contributed by atoms with E-state index in [1.807, 2.05) is 6.92 Å². The van der Waals surface area contributed by atoms with E-state index >= 15 is 0 Å². The highest BCUT2D eigenvalue weighted by molar-refractivity contribution is 5.76. The van der Waals surface area contributed by atoms with Crippen molar-refractivity contribution in [2.24, 2.45) is 5.92 Å². The van der Waals surface area contributed by atoms with Gasteiger partial charge < -0.3 is 20.1 Å². The third-order valence-corrected chi connectivity index (χ3v) is 4.23. The molecule has 0 aromatic heterocycles. The van der Waals surface area contributed by atoms with Gasteiger partial charge in [0, 0.05) is 13.2 Å². The maximum atomic E-state index is 12.0. The Morgan fingerprint density at radius 2 is 1.84 bits per heavy atom. The molecule has 0 atom stereocenters. The zero-order valence-electron chi connectivity index (χ0n) is 11.5. The lowest BCUT2D eigenvalue weighted by molar-refractivity contribution is -0.142. The third kappa shape index (κ3) is 3.18. The van der Waals surface area contributed by atoms with Gasteiger partial charge in [0.15, 0.2) is 0 Å². The summed E-state index contributed by atoms with van der Waals surface area (Å²) in [6.07, 6.45) is 2.79. The van der Waals surface area contributed by atoms with Crippen molar-refractivity contribution in [3.8, 4) is 0 Å². The average molecular weight is 270 g/mol. The summed E-state index contributed by atoms with van der Waals surface area (Å²) in [6, 6.07) is 0.0470. The number of rotatable bonds is 3. The second kappa shape index (κ2) is 5.36. The number of hydrogen-bond donors (Lipinski definition) is 2. The monoisotopic (exact) mass is 270 g/mol. The molecule has 0 bridgehead atoms. The first kappa shape index (κ1) is 14.1. The zero-order valence-corrected chi connectivity index (χ0v) is 11.5. The van der Waals surface area contributed by atoms with Crippen molar-refractivity contribution < 1.29 is 19.4 Å². The molecule has 0 aromatic rings. The molecule has 1 saturated heterocycles.